The molecule has 4 nitrogen and oxygen atoms in total. The predicted octanol–water partition coefficient (Wildman–Crippen LogP) is 4.93. The minimum Gasteiger partial charge on any atom is -0.325 e. The molecular weight excluding hydrogens is 375 g/mol. The number of hydrogen-bond acceptors (Lipinski definition) is 3. The number of alkyl halides is 3. The third-order valence-electron chi connectivity index (χ3n) is 3.73. The minimum absolute atomic E-state index is 0.0872. The van der Waals surface area contributed by atoms with E-state index in [-0.39, 0.29) is 11.7 Å². The molecule has 1 heterocycles. The van der Waals surface area contributed by atoms with Crippen LogP contribution in [0.15, 0.2) is 66.1 Å². The molecule has 3 rings (SSSR count). The van der Waals surface area contributed by atoms with Crippen molar-refractivity contribution in [3.8, 4) is 5.69 Å². The summed E-state index contributed by atoms with van der Waals surface area (Å²) in [6.45, 7) is 1.95. The molecular formula is C19H16F3N3OS. The van der Waals surface area contributed by atoms with Crippen molar-refractivity contribution in [3.05, 3.63) is 72.1 Å². The monoisotopic (exact) mass is 391 g/mol. The van der Waals surface area contributed by atoms with Gasteiger partial charge in [-0.1, -0.05) is 35.5 Å². The number of thioether (sulfide) groups is 1. The van der Waals surface area contributed by atoms with Crippen LogP contribution in [-0.2, 0) is 11.0 Å². The Hall–Kier alpha value is -2.74. The summed E-state index contributed by atoms with van der Waals surface area (Å²) in [5, 5.41) is 3.21. The van der Waals surface area contributed by atoms with Crippen LogP contribution in [0.1, 0.15) is 11.1 Å². The zero-order valence-corrected chi connectivity index (χ0v) is 15.1. The molecule has 27 heavy (non-hydrogen) atoms. The average Bonchev–Trinajstić information content (AvgIpc) is 3.10. The van der Waals surface area contributed by atoms with Gasteiger partial charge in [0.2, 0.25) is 5.91 Å². The Labute approximate surface area is 158 Å². The van der Waals surface area contributed by atoms with Gasteiger partial charge in [0.25, 0.3) is 0 Å². The maximum Gasteiger partial charge on any atom is 0.416 e. The van der Waals surface area contributed by atoms with Crippen molar-refractivity contribution in [1.29, 1.82) is 0 Å². The molecule has 0 aliphatic rings. The Morgan fingerprint density at radius 1 is 1.19 bits per heavy atom. The molecule has 0 radical (unpaired) electrons. The van der Waals surface area contributed by atoms with Crippen LogP contribution in [-0.4, -0.2) is 21.2 Å². The van der Waals surface area contributed by atoms with Crippen molar-refractivity contribution in [3.63, 3.8) is 0 Å². The van der Waals surface area contributed by atoms with E-state index in [4.69, 9.17) is 0 Å². The van der Waals surface area contributed by atoms with Crippen LogP contribution in [0.5, 0.6) is 0 Å². The summed E-state index contributed by atoms with van der Waals surface area (Å²) in [7, 11) is 0. The molecule has 1 aromatic heterocycles. The summed E-state index contributed by atoms with van der Waals surface area (Å²) in [5.41, 5.74) is 1.38. The second-order valence-corrected chi connectivity index (χ2v) is 6.77. The normalized spacial score (nSPS) is 11.4. The molecule has 0 unspecified atom stereocenters. The van der Waals surface area contributed by atoms with Crippen LogP contribution in [0.25, 0.3) is 5.69 Å². The zero-order chi connectivity index (χ0) is 19.4. The number of carbonyl (C=O) groups excluding carboxylic acids is 1. The summed E-state index contributed by atoms with van der Waals surface area (Å²) < 4.78 is 40.3. The number of imidazole rings is 1. The molecule has 0 fully saturated rings. The minimum atomic E-state index is -4.42. The van der Waals surface area contributed by atoms with Gasteiger partial charge in [-0.05, 0) is 37.3 Å². The molecule has 0 saturated carbocycles. The number of nitrogens with zero attached hydrogens (tertiary/aromatic N) is 2. The molecule has 140 valence electrons. The Kier molecular flexibility index (Phi) is 5.55. The Morgan fingerprint density at radius 3 is 2.63 bits per heavy atom. The molecule has 2 aromatic carbocycles. The van der Waals surface area contributed by atoms with E-state index in [9.17, 15) is 18.0 Å². The van der Waals surface area contributed by atoms with E-state index < -0.39 is 11.7 Å². The zero-order valence-electron chi connectivity index (χ0n) is 14.3. The number of aryl methyl sites for hydroxylation is 1. The largest absolute Gasteiger partial charge is 0.416 e. The van der Waals surface area contributed by atoms with Crippen molar-refractivity contribution >= 4 is 23.4 Å². The highest BCUT2D eigenvalue weighted by molar-refractivity contribution is 7.99. The third kappa shape index (κ3) is 4.91. The second-order valence-electron chi connectivity index (χ2n) is 5.83. The van der Waals surface area contributed by atoms with Gasteiger partial charge >= 0.3 is 6.18 Å². The van der Waals surface area contributed by atoms with Crippen molar-refractivity contribution in [2.24, 2.45) is 0 Å². The smallest absolute Gasteiger partial charge is 0.325 e. The Bertz CT molecular complexity index is 936. The van der Waals surface area contributed by atoms with Gasteiger partial charge in [0.1, 0.15) is 0 Å². The van der Waals surface area contributed by atoms with Gasteiger partial charge in [-0.2, -0.15) is 13.2 Å². The van der Waals surface area contributed by atoms with Crippen LogP contribution in [0.2, 0.25) is 0 Å². The second kappa shape index (κ2) is 7.87. The fourth-order valence-corrected chi connectivity index (χ4v) is 3.16. The summed E-state index contributed by atoms with van der Waals surface area (Å²) in [6, 6.07) is 12.4. The topological polar surface area (TPSA) is 46.9 Å². The first-order chi connectivity index (χ1) is 12.8. The van der Waals surface area contributed by atoms with Gasteiger partial charge in [-0.3, -0.25) is 9.36 Å². The van der Waals surface area contributed by atoms with Crippen LogP contribution in [0, 0.1) is 6.92 Å². The first-order valence-electron chi connectivity index (χ1n) is 8.03. The number of hydrogen-bond donors (Lipinski definition) is 1. The summed E-state index contributed by atoms with van der Waals surface area (Å²) in [6.07, 6.45) is -1.37. The summed E-state index contributed by atoms with van der Waals surface area (Å²) in [5.74, 6) is -0.133. The van der Waals surface area contributed by atoms with Crippen molar-refractivity contribution in [2.45, 2.75) is 18.3 Å². The molecule has 0 atom stereocenters. The lowest BCUT2D eigenvalue weighted by Crippen LogP contribution is -2.14. The third-order valence-corrected chi connectivity index (χ3v) is 4.69. The number of benzene rings is 2. The number of anilines is 1. The van der Waals surface area contributed by atoms with E-state index in [2.05, 4.69) is 10.3 Å². The van der Waals surface area contributed by atoms with Crippen molar-refractivity contribution in [1.82, 2.24) is 9.55 Å². The summed E-state index contributed by atoms with van der Waals surface area (Å²) >= 11 is 1.15. The lowest BCUT2D eigenvalue weighted by molar-refractivity contribution is -0.137. The Morgan fingerprint density at radius 2 is 1.93 bits per heavy atom. The van der Waals surface area contributed by atoms with Crippen molar-refractivity contribution < 1.29 is 18.0 Å². The van der Waals surface area contributed by atoms with Gasteiger partial charge in [-0.25, -0.2) is 4.98 Å². The van der Waals surface area contributed by atoms with E-state index >= 15 is 0 Å². The van der Waals surface area contributed by atoms with Crippen LogP contribution in [0.4, 0.5) is 18.9 Å². The number of aromatic nitrogens is 2. The SMILES string of the molecule is Cc1ccc(NC(=O)CSc2nccn2-c2cccc(C(F)(F)F)c2)cc1. The molecule has 1 N–H and O–H groups in total. The predicted molar refractivity (Wildman–Crippen MR) is 99.1 cm³/mol. The first kappa shape index (κ1) is 19.0. The molecule has 3 aromatic rings. The lowest BCUT2D eigenvalue weighted by Gasteiger charge is -2.11. The van der Waals surface area contributed by atoms with Gasteiger partial charge in [0, 0.05) is 23.8 Å². The first-order valence-corrected chi connectivity index (χ1v) is 9.02. The average molecular weight is 391 g/mol. The van der Waals surface area contributed by atoms with Crippen LogP contribution < -0.4 is 5.32 Å². The molecule has 0 saturated heterocycles. The quantitative estimate of drug-likeness (QED) is 0.628. The van der Waals surface area contributed by atoms with E-state index in [1.165, 1.54) is 16.8 Å². The maximum atomic E-state index is 12.9. The molecule has 0 aliphatic carbocycles. The number of rotatable bonds is 5. The van der Waals surface area contributed by atoms with Gasteiger partial charge in [-0.15, -0.1) is 0 Å². The Balaban J connectivity index is 1.69. The fourth-order valence-electron chi connectivity index (χ4n) is 2.39. The highest BCUT2D eigenvalue weighted by Gasteiger charge is 2.30. The van der Waals surface area contributed by atoms with E-state index in [0.29, 0.717) is 16.5 Å². The molecule has 0 spiro atoms. The van der Waals surface area contributed by atoms with Crippen LogP contribution in [0.3, 0.4) is 0 Å². The fraction of sp³-hybridized carbons (Fsp3) is 0.158. The molecule has 0 bridgehead atoms. The summed E-state index contributed by atoms with van der Waals surface area (Å²) in [4.78, 5) is 16.2. The molecule has 8 heteroatoms. The number of nitrogens with one attached hydrogen (secondary N) is 1. The van der Waals surface area contributed by atoms with Gasteiger partial charge < -0.3 is 5.32 Å². The van der Waals surface area contributed by atoms with Gasteiger partial charge in [0.05, 0.1) is 11.3 Å². The highest BCUT2D eigenvalue weighted by atomic mass is 32.2. The number of carbonyl (C=O) groups is 1. The molecule has 1 amide bonds. The van der Waals surface area contributed by atoms with E-state index in [1.807, 2.05) is 31.2 Å². The van der Waals surface area contributed by atoms with Crippen LogP contribution >= 0.6 is 11.8 Å². The van der Waals surface area contributed by atoms with E-state index in [0.717, 1.165) is 29.5 Å². The van der Waals surface area contributed by atoms with Gasteiger partial charge in [0.15, 0.2) is 5.16 Å². The maximum absolute atomic E-state index is 12.9. The number of halogens is 3. The molecule has 0 aliphatic heterocycles. The van der Waals surface area contributed by atoms with E-state index in [1.54, 1.807) is 12.3 Å². The lowest BCUT2D eigenvalue weighted by atomic mass is 10.2. The number of amides is 1. The van der Waals surface area contributed by atoms with Crippen molar-refractivity contribution in [2.75, 3.05) is 11.1 Å². The highest BCUT2D eigenvalue weighted by Crippen LogP contribution is 2.31. The standard InChI is InChI=1S/C19H16F3N3OS/c1-13-5-7-15(8-6-13)24-17(26)12-27-18-23-9-10-25(18)16-4-2-3-14(11-16)19(20,21)22/h2-11H,12H2,1H3,(H,24,26).